The summed E-state index contributed by atoms with van der Waals surface area (Å²) in [5.41, 5.74) is 6.11. The van der Waals surface area contributed by atoms with Crippen molar-refractivity contribution in [2.24, 2.45) is 0 Å². The predicted molar refractivity (Wildman–Crippen MR) is 115 cm³/mol. The first kappa shape index (κ1) is 18.9. The minimum absolute atomic E-state index is 0.000493. The molecule has 0 fully saturated rings. The van der Waals surface area contributed by atoms with Gasteiger partial charge in [-0.3, -0.25) is 9.78 Å². The number of carbonyl (C=O) groups excluding carboxylic acids is 1. The number of amides is 1. The fourth-order valence-corrected chi connectivity index (χ4v) is 3.71. The standard InChI is InChI=1S/C24H24N4O/c1-16-21-6-4-5-7-23(21)26-18(3)22(16)14-24(29)27-17(2)19-8-10-20(11-9-19)28-13-12-25-15-28/h4-13,15,17H,14H2,1-3H3,(H,27,29)/t17-/m0/s1. The van der Waals surface area contributed by atoms with Gasteiger partial charge < -0.3 is 9.88 Å². The van der Waals surface area contributed by atoms with E-state index in [1.165, 1.54) is 0 Å². The van der Waals surface area contributed by atoms with Crippen LogP contribution in [0.1, 0.15) is 35.3 Å². The van der Waals surface area contributed by atoms with Gasteiger partial charge in [0.15, 0.2) is 0 Å². The summed E-state index contributed by atoms with van der Waals surface area (Å²) in [6.07, 6.45) is 5.75. The van der Waals surface area contributed by atoms with Crippen LogP contribution in [0.25, 0.3) is 16.6 Å². The first-order valence-corrected chi connectivity index (χ1v) is 9.75. The van der Waals surface area contributed by atoms with Crippen molar-refractivity contribution in [1.82, 2.24) is 19.9 Å². The van der Waals surface area contributed by atoms with E-state index in [0.29, 0.717) is 6.42 Å². The molecule has 2 aromatic carbocycles. The van der Waals surface area contributed by atoms with E-state index in [-0.39, 0.29) is 11.9 Å². The van der Waals surface area contributed by atoms with Crippen LogP contribution in [-0.4, -0.2) is 20.4 Å². The summed E-state index contributed by atoms with van der Waals surface area (Å²) in [6, 6.07) is 16.1. The highest BCUT2D eigenvalue weighted by atomic mass is 16.1. The molecule has 0 saturated carbocycles. The van der Waals surface area contributed by atoms with Gasteiger partial charge in [0.25, 0.3) is 0 Å². The quantitative estimate of drug-likeness (QED) is 0.553. The Morgan fingerprint density at radius 3 is 2.59 bits per heavy atom. The van der Waals surface area contributed by atoms with E-state index in [4.69, 9.17) is 0 Å². The number of fused-ring (bicyclic) bond motifs is 1. The van der Waals surface area contributed by atoms with Crippen LogP contribution >= 0.6 is 0 Å². The molecule has 1 amide bonds. The van der Waals surface area contributed by atoms with Gasteiger partial charge in [-0.15, -0.1) is 0 Å². The van der Waals surface area contributed by atoms with Crippen LogP contribution in [0, 0.1) is 13.8 Å². The molecule has 1 N–H and O–H groups in total. The molecule has 0 radical (unpaired) electrons. The molecule has 0 unspecified atom stereocenters. The van der Waals surface area contributed by atoms with Gasteiger partial charge in [-0.2, -0.15) is 0 Å². The van der Waals surface area contributed by atoms with Crippen LogP contribution in [0.15, 0.2) is 67.3 Å². The Kier molecular flexibility index (Phi) is 5.12. The van der Waals surface area contributed by atoms with Gasteiger partial charge in [0.1, 0.15) is 0 Å². The Hall–Kier alpha value is -3.47. The lowest BCUT2D eigenvalue weighted by atomic mass is 9.99. The van der Waals surface area contributed by atoms with E-state index in [9.17, 15) is 4.79 Å². The largest absolute Gasteiger partial charge is 0.349 e. The average molecular weight is 384 g/mol. The molecule has 0 saturated heterocycles. The highest BCUT2D eigenvalue weighted by Crippen LogP contribution is 2.23. The van der Waals surface area contributed by atoms with Crippen molar-refractivity contribution in [2.45, 2.75) is 33.2 Å². The second-order valence-electron chi connectivity index (χ2n) is 7.35. The molecule has 0 aliphatic heterocycles. The zero-order valence-corrected chi connectivity index (χ0v) is 16.9. The van der Waals surface area contributed by atoms with Crippen molar-refractivity contribution in [3.05, 3.63) is 89.6 Å². The predicted octanol–water partition coefficient (Wildman–Crippen LogP) is 4.46. The van der Waals surface area contributed by atoms with Crippen molar-refractivity contribution in [3.8, 4) is 5.69 Å². The highest BCUT2D eigenvalue weighted by Gasteiger charge is 2.15. The molecule has 0 aliphatic carbocycles. The number of nitrogens with one attached hydrogen (secondary N) is 1. The fourth-order valence-electron chi connectivity index (χ4n) is 3.71. The van der Waals surface area contributed by atoms with Crippen LogP contribution in [0.3, 0.4) is 0 Å². The Morgan fingerprint density at radius 2 is 1.86 bits per heavy atom. The third kappa shape index (κ3) is 3.90. The zero-order chi connectivity index (χ0) is 20.4. The third-order valence-corrected chi connectivity index (χ3v) is 5.40. The number of hydrogen-bond donors (Lipinski definition) is 1. The second kappa shape index (κ2) is 7.87. The number of aromatic nitrogens is 3. The topological polar surface area (TPSA) is 59.8 Å². The van der Waals surface area contributed by atoms with Crippen molar-refractivity contribution < 1.29 is 4.79 Å². The van der Waals surface area contributed by atoms with E-state index in [1.54, 1.807) is 12.5 Å². The van der Waals surface area contributed by atoms with Gasteiger partial charge in [-0.25, -0.2) is 4.98 Å². The Morgan fingerprint density at radius 1 is 1.10 bits per heavy atom. The molecular formula is C24H24N4O. The number of carbonyl (C=O) groups is 1. The minimum Gasteiger partial charge on any atom is -0.349 e. The lowest BCUT2D eigenvalue weighted by Gasteiger charge is -2.17. The van der Waals surface area contributed by atoms with Crippen LogP contribution in [-0.2, 0) is 11.2 Å². The van der Waals surface area contributed by atoms with E-state index in [0.717, 1.165) is 39.0 Å². The van der Waals surface area contributed by atoms with Gasteiger partial charge in [0.2, 0.25) is 5.91 Å². The first-order valence-electron chi connectivity index (χ1n) is 9.75. The number of para-hydroxylation sites is 1. The second-order valence-corrected chi connectivity index (χ2v) is 7.35. The van der Waals surface area contributed by atoms with E-state index in [2.05, 4.69) is 28.3 Å². The number of rotatable bonds is 5. The van der Waals surface area contributed by atoms with Crippen molar-refractivity contribution >= 4 is 16.8 Å². The van der Waals surface area contributed by atoms with E-state index >= 15 is 0 Å². The Balaban J connectivity index is 1.48. The molecule has 5 nitrogen and oxygen atoms in total. The highest BCUT2D eigenvalue weighted by molar-refractivity contribution is 5.86. The van der Waals surface area contributed by atoms with E-state index in [1.807, 2.05) is 67.1 Å². The number of hydrogen-bond acceptors (Lipinski definition) is 3. The molecule has 4 aromatic rings. The summed E-state index contributed by atoms with van der Waals surface area (Å²) in [7, 11) is 0. The van der Waals surface area contributed by atoms with Crippen LogP contribution in [0.2, 0.25) is 0 Å². The molecule has 1 atom stereocenters. The zero-order valence-electron chi connectivity index (χ0n) is 16.9. The maximum absolute atomic E-state index is 12.7. The molecule has 4 rings (SSSR count). The van der Waals surface area contributed by atoms with Gasteiger partial charge in [-0.05, 0) is 55.7 Å². The summed E-state index contributed by atoms with van der Waals surface area (Å²) in [4.78, 5) is 21.5. The third-order valence-electron chi connectivity index (χ3n) is 5.40. The normalized spacial score (nSPS) is 12.1. The lowest BCUT2D eigenvalue weighted by molar-refractivity contribution is -0.121. The van der Waals surface area contributed by atoms with Gasteiger partial charge in [0.05, 0.1) is 24.3 Å². The lowest BCUT2D eigenvalue weighted by Crippen LogP contribution is -2.28. The van der Waals surface area contributed by atoms with E-state index < -0.39 is 0 Å². The smallest absolute Gasteiger partial charge is 0.224 e. The van der Waals surface area contributed by atoms with Gasteiger partial charge >= 0.3 is 0 Å². The van der Waals surface area contributed by atoms with Crippen molar-refractivity contribution in [1.29, 1.82) is 0 Å². The number of nitrogens with zero attached hydrogens (tertiary/aromatic N) is 3. The summed E-state index contributed by atoms with van der Waals surface area (Å²) < 4.78 is 1.95. The summed E-state index contributed by atoms with van der Waals surface area (Å²) in [6.45, 7) is 6.04. The SMILES string of the molecule is Cc1nc2ccccc2c(C)c1CC(=O)N[C@@H](C)c1ccc(-n2ccnc2)cc1. The number of aryl methyl sites for hydroxylation is 2. The maximum atomic E-state index is 12.7. The Labute approximate surface area is 170 Å². The maximum Gasteiger partial charge on any atom is 0.224 e. The molecule has 2 heterocycles. The molecule has 0 bridgehead atoms. The van der Waals surface area contributed by atoms with Crippen LogP contribution < -0.4 is 5.32 Å². The fraction of sp³-hybridized carbons (Fsp3) is 0.208. The summed E-state index contributed by atoms with van der Waals surface area (Å²) >= 11 is 0. The van der Waals surface area contributed by atoms with Crippen molar-refractivity contribution in [2.75, 3.05) is 0 Å². The molecule has 2 aromatic heterocycles. The van der Waals surface area contributed by atoms with Gasteiger partial charge in [-0.1, -0.05) is 30.3 Å². The number of pyridine rings is 1. The van der Waals surface area contributed by atoms with Crippen LogP contribution in [0.5, 0.6) is 0 Å². The molecule has 29 heavy (non-hydrogen) atoms. The molecule has 5 heteroatoms. The first-order chi connectivity index (χ1) is 14.0. The summed E-state index contributed by atoms with van der Waals surface area (Å²) in [5, 5.41) is 4.22. The molecule has 0 aliphatic rings. The van der Waals surface area contributed by atoms with Crippen LogP contribution in [0.4, 0.5) is 0 Å². The molecule has 0 spiro atoms. The number of benzene rings is 2. The Bertz CT molecular complexity index is 1150. The monoisotopic (exact) mass is 384 g/mol. The summed E-state index contributed by atoms with van der Waals surface area (Å²) in [5.74, 6) is -0.000493. The number of imidazole rings is 1. The van der Waals surface area contributed by atoms with Gasteiger partial charge in [0, 0.05) is 29.2 Å². The molecular weight excluding hydrogens is 360 g/mol. The van der Waals surface area contributed by atoms with Crippen molar-refractivity contribution in [3.63, 3.8) is 0 Å². The average Bonchev–Trinajstić information content (AvgIpc) is 3.26. The molecule has 146 valence electrons. The minimum atomic E-state index is -0.0756.